The number of carboxylic acids is 1. The third-order valence-electron chi connectivity index (χ3n) is 6.19. The van der Waals surface area contributed by atoms with Crippen LogP contribution in [0.25, 0.3) is 10.9 Å². The van der Waals surface area contributed by atoms with E-state index in [1.807, 2.05) is 23.6 Å². The number of Topliss-reactive ketones (excluding diaryl/α,β-unsaturated/α-hetero) is 1. The number of carbonyl (C=O) groups is 2. The normalized spacial score (nSPS) is 18.9. The van der Waals surface area contributed by atoms with Crippen LogP contribution in [0.1, 0.15) is 29.6 Å². The number of thiazole rings is 1. The molecule has 0 unspecified atom stereocenters. The third-order valence-corrected chi connectivity index (χ3v) is 8.14. The number of thioether (sulfide) groups is 1. The second-order valence-corrected chi connectivity index (χ2v) is 10.4. The molecular formula is C24H27N3O4S2. The fraction of sp³-hybridized carbons (Fsp3) is 0.417. The number of rotatable bonds is 10. The Morgan fingerprint density at radius 3 is 2.91 bits per heavy atom. The Morgan fingerprint density at radius 2 is 2.15 bits per heavy atom. The highest BCUT2D eigenvalue weighted by Crippen LogP contribution is 2.30. The van der Waals surface area contributed by atoms with Gasteiger partial charge in [-0.05, 0) is 49.6 Å². The molecule has 1 fully saturated rings. The fourth-order valence-corrected chi connectivity index (χ4v) is 6.09. The number of nitrogens with zero attached hydrogens (tertiary/aromatic N) is 3. The number of likely N-dealkylation sites (tertiary alicyclic amines) is 1. The Hall–Kier alpha value is -2.49. The molecule has 3 aromatic rings. The first kappa shape index (κ1) is 23.7. The second-order valence-electron chi connectivity index (χ2n) is 8.14. The fourth-order valence-electron chi connectivity index (χ4n) is 4.39. The van der Waals surface area contributed by atoms with Crippen molar-refractivity contribution in [2.75, 3.05) is 32.5 Å². The van der Waals surface area contributed by atoms with Gasteiger partial charge in [0.05, 0.1) is 18.5 Å². The van der Waals surface area contributed by atoms with Crippen molar-refractivity contribution in [2.45, 2.75) is 23.6 Å². The first-order valence-electron chi connectivity index (χ1n) is 11.0. The van der Waals surface area contributed by atoms with E-state index in [1.165, 1.54) is 0 Å². The van der Waals surface area contributed by atoms with Gasteiger partial charge in [0.1, 0.15) is 10.1 Å². The molecule has 2 atom stereocenters. The van der Waals surface area contributed by atoms with Gasteiger partial charge >= 0.3 is 5.97 Å². The summed E-state index contributed by atoms with van der Waals surface area (Å²) in [6.07, 6.45) is 5.13. The number of aromatic nitrogens is 2. The number of hydrogen-bond acceptors (Lipinski definition) is 8. The summed E-state index contributed by atoms with van der Waals surface area (Å²) < 4.78 is 6.34. The van der Waals surface area contributed by atoms with E-state index in [2.05, 4.69) is 14.9 Å². The van der Waals surface area contributed by atoms with E-state index in [0.29, 0.717) is 30.7 Å². The van der Waals surface area contributed by atoms with E-state index in [4.69, 9.17) is 4.74 Å². The standard InChI is InChI=1S/C24H27N3O4S2/c1-31-17-3-4-21-19(14-17)18(6-8-25-21)22(28)5-2-16-7-10-27(15-20(16)23(29)30)11-13-33-24-26-9-12-32-24/h3-4,6,8-9,12,14,16,20H,2,5,7,10-11,13,15H2,1H3,(H,29,30)/t16-,20+/m1/s1. The second kappa shape index (κ2) is 11.1. The zero-order valence-corrected chi connectivity index (χ0v) is 20.1. The minimum Gasteiger partial charge on any atom is -0.497 e. The van der Waals surface area contributed by atoms with Gasteiger partial charge in [0.2, 0.25) is 0 Å². The lowest BCUT2D eigenvalue weighted by Gasteiger charge is -2.36. The smallest absolute Gasteiger partial charge is 0.308 e. The van der Waals surface area contributed by atoms with Crippen LogP contribution in [0.5, 0.6) is 5.75 Å². The Labute approximate surface area is 201 Å². The molecule has 9 heteroatoms. The van der Waals surface area contributed by atoms with Crippen molar-refractivity contribution in [3.8, 4) is 5.75 Å². The number of ketones is 1. The third kappa shape index (κ3) is 5.90. The number of carboxylic acid groups (broad SMARTS) is 1. The number of ether oxygens (including phenoxy) is 1. The van der Waals surface area contributed by atoms with E-state index < -0.39 is 11.9 Å². The van der Waals surface area contributed by atoms with Gasteiger partial charge in [0.25, 0.3) is 0 Å². The number of aliphatic carboxylic acids is 1. The summed E-state index contributed by atoms with van der Waals surface area (Å²) in [6, 6.07) is 7.23. The van der Waals surface area contributed by atoms with E-state index in [0.717, 1.165) is 40.5 Å². The zero-order chi connectivity index (χ0) is 23.2. The number of hydrogen-bond donors (Lipinski definition) is 1. The van der Waals surface area contributed by atoms with Crippen LogP contribution in [0, 0.1) is 11.8 Å². The molecule has 0 bridgehead atoms. The molecule has 1 aromatic carbocycles. The molecule has 0 saturated carbocycles. The summed E-state index contributed by atoms with van der Waals surface area (Å²) in [5.41, 5.74) is 1.36. The molecule has 1 saturated heterocycles. The van der Waals surface area contributed by atoms with Crippen LogP contribution >= 0.6 is 23.1 Å². The molecule has 33 heavy (non-hydrogen) atoms. The molecule has 0 amide bonds. The van der Waals surface area contributed by atoms with Crippen LogP contribution in [0.3, 0.4) is 0 Å². The molecule has 7 nitrogen and oxygen atoms in total. The molecule has 4 rings (SSSR count). The van der Waals surface area contributed by atoms with Gasteiger partial charge < -0.3 is 14.7 Å². The van der Waals surface area contributed by atoms with Crippen molar-refractivity contribution in [1.82, 2.24) is 14.9 Å². The number of piperidine rings is 1. The predicted octanol–water partition coefficient (Wildman–Crippen LogP) is 4.48. The Balaban J connectivity index is 1.35. The topological polar surface area (TPSA) is 92.6 Å². The lowest BCUT2D eigenvalue weighted by atomic mass is 9.81. The molecule has 2 aromatic heterocycles. The quantitative estimate of drug-likeness (QED) is 0.332. The van der Waals surface area contributed by atoms with Gasteiger partial charge in [-0.25, -0.2) is 4.98 Å². The summed E-state index contributed by atoms with van der Waals surface area (Å²) in [7, 11) is 1.59. The van der Waals surface area contributed by atoms with Gasteiger partial charge in [-0.2, -0.15) is 0 Å². The van der Waals surface area contributed by atoms with Crippen molar-refractivity contribution < 1.29 is 19.4 Å². The van der Waals surface area contributed by atoms with E-state index in [-0.39, 0.29) is 11.7 Å². The van der Waals surface area contributed by atoms with Crippen LogP contribution in [0.2, 0.25) is 0 Å². The maximum Gasteiger partial charge on any atom is 0.308 e. The maximum absolute atomic E-state index is 13.1. The predicted molar refractivity (Wildman–Crippen MR) is 130 cm³/mol. The highest BCUT2D eigenvalue weighted by molar-refractivity contribution is 8.01. The van der Waals surface area contributed by atoms with Crippen molar-refractivity contribution in [3.05, 3.63) is 47.6 Å². The van der Waals surface area contributed by atoms with E-state index in [1.54, 1.807) is 48.7 Å². The van der Waals surface area contributed by atoms with Gasteiger partial charge in [-0.15, -0.1) is 11.3 Å². The molecule has 0 radical (unpaired) electrons. The number of methoxy groups -OCH3 is 1. The van der Waals surface area contributed by atoms with Crippen LogP contribution < -0.4 is 4.74 Å². The SMILES string of the molecule is COc1ccc2nccc(C(=O)CC[C@@H]3CCN(CCSc4nccs4)C[C@@H]3C(=O)O)c2c1. The highest BCUT2D eigenvalue weighted by Gasteiger charge is 2.34. The lowest BCUT2D eigenvalue weighted by Crippen LogP contribution is -2.44. The minimum absolute atomic E-state index is 0.00282. The van der Waals surface area contributed by atoms with Gasteiger partial charge in [0.15, 0.2) is 5.78 Å². The summed E-state index contributed by atoms with van der Waals surface area (Å²) in [5.74, 6) is 0.353. The van der Waals surface area contributed by atoms with Crippen molar-refractivity contribution in [3.63, 3.8) is 0 Å². The van der Waals surface area contributed by atoms with Gasteiger partial charge in [0, 0.05) is 54.0 Å². The number of fused-ring (bicyclic) bond motifs is 1. The minimum atomic E-state index is -0.774. The first-order valence-corrected chi connectivity index (χ1v) is 12.8. The van der Waals surface area contributed by atoms with Gasteiger partial charge in [-0.1, -0.05) is 11.8 Å². The largest absolute Gasteiger partial charge is 0.497 e. The number of carbonyl (C=O) groups excluding carboxylic acids is 1. The first-order chi connectivity index (χ1) is 16.0. The van der Waals surface area contributed by atoms with Crippen molar-refractivity contribution in [1.29, 1.82) is 0 Å². The summed E-state index contributed by atoms with van der Waals surface area (Å²) in [4.78, 5) is 35.9. The molecular weight excluding hydrogens is 458 g/mol. The Kier molecular flexibility index (Phi) is 7.95. The van der Waals surface area contributed by atoms with Crippen LogP contribution in [0.15, 0.2) is 46.4 Å². The van der Waals surface area contributed by atoms with Crippen molar-refractivity contribution in [2.24, 2.45) is 11.8 Å². The van der Waals surface area contributed by atoms with E-state index >= 15 is 0 Å². The molecule has 1 aliphatic heterocycles. The molecule has 0 spiro atoms. The van der Waals surface area contributed by atoms with Crippen LogP contribution in [0.4, 0.5) is 0 Å². The molecule has 3 heterocycles. The average Bonchev–Trinajstić information content (AvgIpc) is 3.35. The molecule has 1 N–H and O–H groups in total. The van der Waals surface area contributed by atoms with Crippen LogP contribution in [-0.4, -0.2) is 64.2 Å². The summed E-state index contributed by atoms with van der Waals surface area (Å²) in [5, 5.41) is 12.6. The number of pyridine rings is 1. The van der Waals surface area contributed by atoms with Crippen molar-refractivity contribution >= 4 is 45.8 Å². The Morgan fingerprint density at radius 1 is 1.27 bits per heavy atom. The summed E-state index contributed by atoms with van der Waals surface area (Å²) >= 11 is 3.33. The zero-order valence-electron chi connectivity index (χ0n) is 18.5. The number of benzene rings is 1. The van der Waals surface area contributed by atoms with E-state index in [9.17, 15) is 14.7 Å². The maximum atomic E-state index is 13.1. The Bertz CT molecular complexity index is 1110. The molecule has 174 valence electrons. The monoisotopic (exact) mass is 485 g/mol. The lowest BCUT2D eigenvalue weighted by molar-refractivity contribution is -0.146. The highest BCUT2D eigenvalue weighted by atomic mass is 32.2. The molecule has 1 aliphatic rings. The van der Waals surface area contributed by atoms with Gasteiger partial charge in [-0.3, -0.25) is 14.6 Å². The van der Waals surface area contributed by atoms with Crippen LogP contribution in [-0.2, 0) is 4.79 Å². The average molecular weight is 486 g/mol. The molecule has 0 aliphatic carbocycles. The summed E-state index contributed by atoms with van der Waals surface area (Å²) in [6.45, 7) is 2.23.